The SMILES string of the molecule is CCNC(C)c1nnnn1CCc1ccc(Cl)cc1Cl. The summed E-state index contributed by atoms with van der Waals surface area (Å²) in [6, 6.07) is 5.64. The summed E-state index contributed by atoms with van der Waals surface area (Å²) >= 11 is 12.1. The van der Waals surface area contributed by atoms with Crippen molar-refractivity contribution in [3.63, 3.8) is 0 Å². The molecule has 1 heterocycles. The van der Waals surface area contributed by atoms with E-state index in [1.807, 2.05) is 19.1 Å². The summed E-state index contributed by atoms with van der Waals surface area (Å²) < 4.78 is 1.80. The van der Waals surface area contributed by atoms with E-state index in [9.17, 15) is 0 Å². The highest BCUT2D eigenvalue weighted by Crippen LogP contribution is 2.21. The first-order chi connectivity index (χ1) is 9.61. The molecule has 0 aliphatic heterocycles. The lowest BCUT2D eigenvalue weighted by Gasteiger charge is -2.12. The van der Waals surface area contributed by atoms with Crippen LogP contribution in [-0.4, -0.2) is 26.8 Å². The van der Waals surface area contributed by atoms with Crippen LogP contribution in [0.3, 0.4) is 0 Å². The Morgan fingerprint density at radius 2 is 2.15 bits per heavy atom. The number of benzene rings is 1. The van der Waals surface area contributed by atoms with E-state index in [0.717, 1.165) is 24.4 Å². The lowest BCUT2D eigenvalue weighted by Crippen LogP contribution is -2.22. The number of aromatic nitrogens is 4. The zero-order valence-corrected chi connectivity index (χ0v) is 13.0. The number of halogens is 2. The molecule has 0 radical (unpaired) electrons. The van der Waals surface area contributed by atoms with E-state index < -0.39 is 0 Å². The van der Waals surface area contributed by atoms with E-state index in [4.69, 9.17) is 23.2 Å². The van der Waals surface area contributed by atoms with Gasteiger partial charge in [-0.15, -0.1) is 5.10 Å². The summed E-state index contributed by atoms with van der Waals surface area (Å²) in [6.45, 7) is 5.65. The van der Waals surface area contributed by atoms with Gasteiger partial charge in [0.15, 0.2) is 5.82 Å². The van der Waals surface area contributed by atoms with Crippen molar-refractivity contribution in [2.45, 2.75) is 32.9 Å². The topological polar surface area (TPSA) is 55.6 Å². The summed E-state index contributed by atoms with van der Waals surface area (Å²) in [5.41, 5.74) is 1.04. The first-order valence-electron chi connectivity index (χ1n) is 6.55. The maximum atomic E-state index is 6.16. The van der Waals surface area contributed by atoms with Crippen LogP contribution in [0.1, 0.15) is 31.3 Å². The lowest BCUT2D eigenvalue weighted by molar-refractivity contribution is 0.495. The molecule has 0 aliphatic rings. The van der Waals surface area contributed by atoms with E-state index in [0.29, 0.717) is 16.6 Å². The van der Waals surface area contributed by atoms with Crippen molar-refractivity contribution >= 4 is 23.2 Å². The van der Waals surface area contributed by atoms with Crippen molar-refractivity contribution in [2.24, 2.45) is 0 Å². The zero-order chi connectivity index (χ0) is 14.5. The van der Waals surface area contributed by atoms with Gasteiger partial charge in [-0.05, 0) is 48.0 Å². The molecule has 1 aromatic heterocycles. The highest BCUT2D eigenvalue weighted by Gasteiger charge is 2.13. The molecule has 20 heavy (non-hydrogen) atoms. The monoisotopic (exact) mass is 313 g/mol. The van der Waals surface area contributed by atoms with Gasteiger partial charge in [-0.2, -0.15) is 0 Å². The van der Waals surface area contributed by atoms with Gasteiger partial charge in [0.25, 0.3) is 0 Å². The highest BCUT2D eigenvalue weighted by atomic mass is 35.5. The summed E-state index contributed by atoms with van der Waals surface area (Å²) in [6.07, 6.45) is 0.757. The molecule has 108 valence electrons. The van der Waals surface area contributed by atoms with Crippen LogP contribution >= 0.6 is 23.2 Å². The Labute approximate surface area is 128 Å². The fourth-order valence-corrected chi connectivity index (χ4v) is 2.53. The van der Waals surface area contributed by atoms with Gasteiger partial charge >= 0.3 is 0 Å². The van der Waals surface area contributed by atoms with Gasteiger partial charge in [-0.25, -0.2) is 4.68 Å². The van der Waals surface area contributed by atoms with E-state index >= 15 is 0 Å². The van der Waals surface area contributed by atoms with E-state index in [-0.39, 0.29) is 6.04 Å². The normalized spacial score (nSPS) is 12.6. The third-order valence-electron chi connectivity index (χ3n) is 3.07. The van der Waals surface area contributed by atoms with Gasteiger partial charge in [0.05, 0.1) is 6.04 Å². The van der Waals surface area contributed by atoms with Crippen molar-refractivity contribution in [1.29, 1.82) is 0 Å². The predicted molar refractivity (Wildman–Crippen MR) is 80.1 cm³/mol. The zero-order valence-electron chi connectivity index (χ0n) is 11.5. The highest BCUT2D eigenvalue weighted by molar-refractivity contribution is 6.35. The first-order valence-corrected chi connectivity index (χ1v) is 7.30. The smallest absolute Gasteiger partial charge is 0.167 e. The molecule has 0 saturated carbocycles. The second-order valence-electron chi connectivity index (χ2n) is 4.53. The Bertz CT molecular complexity index is 570. The average Bonchev–Trinajstić information content (AvgIpc) is 2.86. The third kappa shape index (κ3) is 3.69. The molecule has 1 unspecified atom stereocenters. The summed E-state index contributed by atoms with van der Waals surface area (Å²) in [4.78, 5) is 0. The minimum Gasteiger partial charge on any atom is -0.308 e. The molecule has 1 aromatic carbocycles. The van der Waals surface area contributed by atoms with Gasteiger partial charge < -0.3 is 5.32 Å². The van der Waals surface area contributed by atoms with Gasteiger partial charge in [0.1, 0.15) is 0 Å². The second kappa shape index (κ2) is 7.02. The number of tetrazole rings is 1. The van der Waals surface area contributed by atoms with E-state index in [1.54, 1.807) is 10.7 Å². The van der Waals surface area contributed by atoms with Crippen molar-refractivity contribution < 1.29 is 0 Å². The first kappa shape index (κ1) is 15.2. The van der Waals surface area contributed by atoms with Crippen LogP contribution in [0.5, 0.6) is 0 Å². The van der Waals surface area contributed by atoms with Crippen LogP contribution < -0.4 is 5.32 Å². The molecule has 0 amide bonds. The average molecular weight is 314 g/mol. The van der Waals surface area contributed by atoms with Crippen LogP contribution in [0.4, 0.5) is 0 Å². The maximum Gasteiger partial charge on any atom is 0.167 e. The minimum absolute atomic E-state index is 0.121. The molecular weight excluding hydrogens is 297 g/mol. The van der Waals surface area contributed by atoms with Crippen molar-refractivity contribution in [2.75, 3.05) is 6.54 Å². The molecular formula is C13H17Cl2N5. The third-order valence-corrected chi connectivity index (χ3v) is 3.65. The summed E-state index contributed by atoms with van der Waals surface area (Å²) in [5, 5.41) is 16.5. The predicted octanol–water partition coefficient (Wildman–Crippen LogP) is 2.89. The molecule has 7 heteroatoms. The van der Waals surface area contributed by atoms with E-state index in [2.05, 4.69) is 27.8 Å². The Kier molecular flexibility index (Phi) is 5.34. The van der Waals surface area contributed by atoms with Crippen LogP contribution in [0, 0.1) is 0 Å². The van der Waals surface area contributed by atoms with Gasteiger partial charge in [-0.3, -0.25) is 0 Å². The Hall–Kier alpha value is -1.17. The molecule has 0 bridgehead atoms. The summed E-state index contributed by atoms with van der Waals surface area (Å²) in [5.74, 6) is 0.830. The minimum atomic E-state index is 0.121. The van der Waals surface area contributed by atoms with E-state index in [1.165, 1.54) is 0 Å². The second-order valence-corrected chi connectivity index (χ2v) is 5.37. The molecule has 1 atom stereocenters. The van der Waals surface area contributed by atoms with Gasteiger partial charge in [-0.1, -0.05) is 36.2 Å². The Balaban J connectivity index is 2.06. The quantitative estimate of drug-likeness (QED) is 0.891. The number of hydrogen-bond acceptors (Lipinski definition) is 4. The van der Waals surface area contributed by atoms with Crippen molar-refractivity contribution in [3.8, 4) is 0 Å². The fourth-order valence-electron chi connectivity index (χ4n) is 2.03. The molecule has 0 saturated heterocycles. The molecule has 1 N–H and O–H groups in total. The van der Waals surface area contributed by atoms with Crippen LogP contribution in [0.15, 0.2) is 18.2 Å². The molecule has 2 aromatic rings. The lowest BCUT2D eigenvalue weighted by atomic mass is 10.1. The number of nitrogens with one attached hydrogen (secondary N) is 1. The number of rotatable bonds is 6. The molecule has 0 aliphatic carbocycles. The van der Waals surface area contributed by atoms with Crippen LogP contribution in [0.2, 0.25) is 10.0 Å². The summed E-state index contributed by atoms with van der Waals surface area (Å²) in [7, 11) is 0. The van der Waals surface area contributed by atoms with Crippen molar-refractivity contribution in [1.82, 2.24) is 25.5 Å². The molecule has 0 spiro atoms. The number of hydrogen-bond donors (Lipinski definition) is 1. The maximum absolute atomic E-state index is 6.16. The Morgan fingerprint density at radius 3 is 2.85 bits per heavy atom. The molecule has 2 rings (SSSR count). The number of aryl methyl sites for hydroxylation is 2. The largest absolute Gasteiger partial charge is 0.308 e. The van der Waals surface area contributed by atoms with Crippen LogP contribution in [0.25, 0.3) is 0 Å². The fraction of sp³-hybridized carbons (Fsp3) is 0.462. The Morgan fingerprint density at radius 1 is 1.35 bits per heavy atom. The van der Waals surface area contributed by atoms with Gasteiger partial charge in [0.2, 0.25) is 0 Å². The van der Waals surface area contributed by atoms with Crippen molar-refractivity contribution in [3.05, 3.63) is 39.6 Å². The number of nitrogens with zero attached hydrogens (tertiary/aromatic N) is 4. The molecule has 0 fully saturated rings. The van der Waals surface area contributed by atoms with Gasteiger partial charge in [0, 0.05) is 16.6 Å². The van der Waals surface area contributed by atoms with Crippen LogP contribution in [-0.2, 0) is 13.0 Å². The molecule has 5 nitrogen and oxygen atoms in total. The standard InChI is InChI=1S/C13H17Cl2N5/c1-3-16-9(2)13-17-18-19-20(13)7-6-10-4-5-11(14)8-12(10)15/h4-5,8-9,16H,3,6-7H2,1-2H3.